The number of unbranched alkanes of at least 4 members (excludes halogenated alkanes) is 2. The van der Waals surface area contributed by atoms with Gasteiger partial charge in [0.1, 0.15) is 65.5 Å². The van der Waals surface area contributed by atoms with Crippen molar-refractivity contribution in [3.05, 3.63) is 134 Å². The van der Waals surface area contributed by atoms with Crippen LogP contribution in [0.4, 0.5) is 4.79 Å². The number of hydrogen-bond acceptors (Lipinski definition) is 18. The number of ether oxygens (including phenoxy) is 2. The standard InChI is InChI=1S/C109H159N15O16/c1-29-38-61(11)88-65(15)93-67(17)91-64(14)75(47-49-87(126)127)81(116-91)56-80-74(63(13)92(117-80)68(18)95-89(62(12)39-30-2)66(16)94(124-95)69(19)96(88)123-93)46-48-86(125)111-50-36-34-45-79(118-102(133)84(54-59(7)8)121-104(135)85(55-60(9)10)122-107(138)140-109(26,27)28)101(132)115-71(21)99(130)113-70(20)98(129)114-72(22)100(131)120-83(53-58(5)6)103(134)119-82(52-57(3)4)97(128)90(77-43-37-41-73-40-31-32-42-76(73)77)105(136)112-51-35-33-44-78(110)106(137)139-108(23,24)25/h31-32,37-43,56-60,70-72,78-79,82-85,90,117,123H,29-30,33-36,44-55,110H2,1-28H3,(H,111,125)(H,112,136)(H,113,130)(H,114,129)(H,115,132)(H,118,133)(H,119,134)(H,120,131)(H,121,135)(H,122,138)(H,126,127)/b61-38+,62-39+,80-56?,81-56?,91-67?,92-68?,93-67?,94-69?,95-68?,96-69?/t70-,71-,72-,78-,79-,82-,83-,84-,85-,90?/m0/s1. The van der Waals surface area contributed by atoms with Gasteiger partial charge in [-0.1, -0.05) is 124 Å². The number of esters is 1. The number of alkyl carbamates (subject to hydrolysis) is 1. The van der Waals surface area contributed by atoms with Crippen molar-refractivity contribution in [2.75, 3.05) is 13.1 Å². The minimum Gasteiger partial charge on any atom is -0.481 e. The molecule has 0 saturated heterocycles. The zero-order valence-electron chi connectivity index (χ0n) is 88.1. The number of ketones is 1. The number of fused-ring (bicyclic) bond motifs is 9. The molecule has 766 valence electrons. The zero-order chi connectivity index (χ0) is 105. The number of carbonyl (C=O) groups is 13. The van der Waals surface area contributed by atoms with Gasteiger partial charge in [0.2, 0.25) is 53.2 Å². The summed E-state index contributed by atoms with van der Waals surface area (Å²) in [5.41, 5.74) is 23.8. The van der Waals surface area contributed by atoms with E-state index in [1.54, 1.807) is 59.7 Å². The fourth-order valence-corrected chi connectivity index (χ4v) is 18.1. The van der Waals surface area contributed by atoms with Gasteiger partial charge in [0.05, 0.1) is 34.3 Å². The smallest absolute Gasteiger partial charge is 0.408 e. The van der Waals surface area contributed by atoms with Crippen LogP contribution in [0.5, 0.6) is 0 Å². The van der Waals surface area contributed by atoms with Gasteiger partial charge < -0.3 is 83.4 Å². The Morgan fingerprint density at radius 3 is 1.49 bits per heavy atom. The second-order valence-electron chi connectivity index (χ2n) is 41.5. The molecule has 0 radical (unpaired) electrons. The Morgan fingerprint density at radius 2 is 0.929 bits per heavy atom. The van der Waals surface area contributed by atoms with Gasteiger partial charge in [0.15, 0.2) is 5.78 Å². The molecule has 31 nitrogen and oxygen atoms in total. The van der Waals surface area contributed by atoms with Gasteiger partial charge in [-0.05, 0) is 322 Å². The summed E-state index contributed by atoms with van der Waals surface area (Å²) in [6, 6.07) is 3.51. The fourth-order valence-electron chi connectivity index (χ4n) is 18.1. The molecule has 8 bridgehead atoms. The minimum atomic E-state index is -1.40. The summed E-state index contributed by atoms with van der Waals surface area (Å²) >= 11 is 0. The molecule has 0 aliphatic carbocycles. The number of Topliss-reactive ketones (excluding diaryl/α,β-unsaturated/α-hetero) is 1. The number of aromatic amines is 2. The summed E-state index contributed by atoms with van der Waals surface area (Å²) in [6.07, 6.45) is 7.74. The summed E-state index contributed by atoms with van der Waals surface area (Å²) in [7, 11) is 0. The average Bonchev–Trinajstić information content (AvgIpc) is 1.42. The van der Waals surface area contributed by atoms with Crippen molar-refractivity contribution >= 4 is 138 Å². The topological polar surface area (TPSA) is 464 Å². The third-order valence-corrected chi connectivity index (χ3v) is 25.2. The largest absolute Gasteiger partial charge is 0.481 e. The molecule has 7 rings (SSSR count). The predicted octanol–water partition coefficient (Wildman–Crippen LogP) is 16.0. The van der Waals surface area contributed by atoms with Crippen LogP contribution in [0.1, 0.15) is 329 Å². The summed E-state index contributed by atoms with van der Waals surface area (Å²) in [4.78, 5) is 202. The lowest BCUT2D eigenvalue weighted by Crippen LogP contribution is -2.59. The van der Waals surface area contributed by atoms with Crippen LogP contribution in [0.15, 0.2) is 66.3 Å². The first kappa shape index (κ1) is 115. The Balaban J connectivity index is 1.11. The number of rotatable bonds is 48. The lowest BCUT2D eigenvalue weighted by atomic mass is 9.84. The molecule has 5 aromatic rings. The van der Waals surface area contributed by atoms with Crippen LogP contribution in [-0.2, 0) is 73.4 Å². The number of aryl methyl sites for hydroxylation is 6. The first-order valence-electron chi connectivity index (χ1n) is 50.0. The number of nitrogens with zero attached hydrogens (tertiary/aromatic N) is 2. The monoisotopic (exact) mass is 1930 g/mol. The van der Waals surface area contributed by atoms with E-state index in [0.717, 1.165) is 124 Å². The number of carboxylic acid groups (broad SMARTS) is 1. The van der Waals surface area contributed by atoms with E-state index >= 15 is 4.79 Å². The normalized spacial score (nSPS) is 14.8. The van der Waals surface area contributed by atoms with Gasteiger partial charge in [0, 0.05) is 53.6 Å². The summed E-state index contributed by atoms with van der Waals surface area (Å²) in [5, 5.41) is 39.4. The molecular formula is C109H159N15O16. The molecule has 2 aliphatic rings. The number of aliphatic carboxylic acids is 1. The third kappa shape index (κ3) is 32.2. The van der Waals surface area contributed by atoms with Gasteiger partial charge in [-0.25, -0.2) is 14.8 Å². The molecule has 1 unspecified atom stereocenters. The SMILES string of the molecule is CC/C=C(\C)C1=C(C)c2nc1c(C)c1[nH]c(cc3nc(c(C)c4[nH]c(c2C)c(/C(C)=C/CC)c4C)C(C)=C3CCC(=O)O)c(CCC(=O)NCCCC[C@H](NC(=O)[C@H](CC(C)C)NC(=O)[C@H](CC(C)C)NC(=O)OC(C)(C)C)C(=O)N[C@@H](C)C(=O)N[C@@H](C)C(=O)N[C@@H](C)C(=O)N[C@@H](CC(C)C)C(=O)N[C@@H](CC(C)C)C(=O)C(C(=O)NCCCC[C@H](N)C(=O)OC(C)(C)C)c2cccc3ccccc23)c1C. The summed E-state index contributed by atoms with van der Waals surface area (Å²) in [5.74, 6) is -10.4. The Bertz CT molecular complexity index is 5690. The highest BCUT2D eigenvalue weighted by Crippen LogP contribution is 2.44. The number of hydrogen-bond donors (Lipinski definition) is 14. The number of amides is 10. The van der Waals surface area contributed by atoms with Crippen molar-refractivity contribution in [3.8, 4) is 0 Å². The van der Waals surface area contributed by atoms with Crippen molar-refractivity contribution in [1.29, 1.82) is 0 Å². The van der Waals surface area contributed by atoms with Crippen LogP contribution >= 0.6 is 0 Å². The number of carboxylic acids is 1. The van der Waals surface area contributed by atoms with Gasteiger partial charge in [-0.2, -0.15) is 0 Å². The van der Waals surface area contributed by atoms with Crippen molar-refractivity contribution < 1.29 is 76.9 Å². The lowest BCUT2D eigenvalue weighted by Gasteiger charge is -2.28. The molecular weight excluding hydrogens is 1780 g/mol. The Kier molecular flexibility index (Phi) is 42.5. The van der Waals surface area contributed by atoms with Crippen LogP contribution in [0.3, 0.4) is 0 Å². The molecule has 5 heterocycles. The second-order valence-corrected chi connectivity index (χ2v) is 41.5. The van der Waals surface area contributed by atoms with Gasteiger partial charge in [0.25, 0.3) is 0 Å². The molecule has 2 aromatic carbocycles. The zero-order valence-corrected chi connectivity index (χ0v) is 88.1. The Labute approximate surface area is 827 Å². The average molecular weight is 1940 g/mol. The maximum atomic E-state index is 15.3. The van der Waals surface area contributed by atoms with E-state index in [1.807, 2.05) is 106 Å². The molecule has 0 fully saturated rings. The quantitative estimate of drug-likeness (QED) is 0.00977. The molecule has 31 heteroatoms. The highest BCUT2D eigenvalue weighted by molar-refractivity contribution is 6.13. The molecule has 140 heavy (non-hydrogen) atoms. The van der Waals surface area contributed by atoms with Gasteiger partial charge in [-0.15, -0.1) is 0 Å². The number of nitrogens with one attached hydrogen (secondary N) is 12. The van der Waals surface area contributed by atoms with Crippen LogP contribution < -0.4 is 58.9 Å². The third-order valence-electron chi connectivity index (χ3n) is 25.2. The van der Waals surface area contributed by atoms with E-state index in [-0.39, 0.29) is 107 Å². The highest BCUT2D eigenvalue weighted by atomic mass is 16.6. The van der Waals surface area contributed by atoms with Crippen molar-refractivity contribution in [1.82, 2.24) is 73.1 Å². The molecule has 10 atom stereocenters. The molecule has 2 aliphatic heterocycles. The van der Waals surface area contributed by atoms with Crippen LogP contribution in [0, 0.1) is 58.3 Å². The van der Waals surface area contributed by atoms with Crippen LogP contribution in [-0.4, -0.2) is 181 Å². The predicted molar refractivity (Wildman–Crippen MR) is 554 cm³/mol. The van der Waals surface area contributed by atoms with Gasteiger partial charge in [-0.3, -0.25) is 57.5 Å². The van der Waals surface area contributed by atoms with E-state index in [0.29, 0.717) is 47.8 Å². The lowest BCUT2D eigenvalue weighted by molar-refractivity contribution is -0.156. The molecule has 15 N–H and O–H groups in total. The Morgan fingerprint density at radius 1 is 0.464 bits per heavy atom. The van der Waals surface area contributed by atoms with E-state index in [1.165, 1.54) is 20.8 Å². The van der Waals surface area contributed by atoms with E-state index < -0.39 is 143 Å². The maximum Gasteiger partial charge on any atom is 0.408 e. The highest BCUT2D eigenvalue weighted by Gasteiger charge is 2.40. The number of allylic oxidation sites excluding steroid dienone is 8. The fraction of sp³-hybridized carbons (Fsp3) is 0.569. The number of carbonyl (C=O) groups excluding carboxylic acids is 12. The molecule has 0 spiro atoms. The molecule has 3 aromatic heterocycles. The number of nitrogens with two attached hydrogens (primary N) is 1. The van der Waals surface area contributed by atoms with E-state index in [9.17, 15) is 62.6 Å². The van der Waals surface area contributed by atoms with Gasteiger partial charge >= 0.3 is 18.0 Å². The molecule has 0 saturated carbocycles. The minimum absolute atomic E-state index is 0.0323. The van der Waals surface area contributed by atoms with Crippen molar-refractivity contribution in [2.45, 2.75) is 368 Å². The van der Waals surface area contributed by atoms with E-state index in [4.69, 9.17) is 25.2 Å². The van der Waals surface area contributed by atoms with Crippen molar-refractivity contribution in [3.63, 3.8) is 0 Å². The van der Waals surface area contributed by atoms with Crippen LogP contribution in [0.2, 0.25) is 0 Å². The maximum absolute atomic E-state index is 15.3. The summed E-state index contributed by atoms with van der Waals surface area (Å²) in [6.45, 7) is 52.5. The Hall–Kier alpha value is -12.2. The molecule has 10 amide bonds. The first-order chi connectivity index (χ1) is 65.6. The summed E-state index contributed by atoms with van der Waals surface area (Å²) < 4.78 is 10.9. The number of benzene rings is 2. The first-order valence-corrected chi connectivity index (χ1v) is 50.0. The second kappa shape index (κ2) is 51.8. The van der Waals surface area contributed by atoms with E-state index in [2.05, 4.69) is 131 Å². The van der Waals surface area contributed by atoms with Crippen molar-refractivity contribution in [2.24, 2.45) is 29.4 Å². The van der Waals surface area contributed by atoms with Crippen LogP contribution in [0.25, 0.3) is 60.7 Å². The number of aromatic nitrogens is 4. The number of H-pyrrole nitrogens is 2.